The number of ether oxygens (including phenoxy) is 2. The van der Waals surface area contributed by atoms with Gasteiger partial charge in [0.2, 0.25) is 0 Å². The predicted octanol–water partition coefficient (Wildman–Crippen LogP) is 3.63. The number of nitrogens with two attached hydrogens (primary N) is 1. The molecule has 0 heterocycles. The van der Waals surface area contributed by atoms with Gasteiger partial charge >= 0.3 is 5.97 Å². The molecule has 0 spiro atoms. The summed E-state index contributed by atoms with van der Waals surface area (Å²) in [7, 11) is 0. The maximum absolute atomic E-state index is 11.8. The highest BCUT2D eigenvalue weighted by Crippen LogP contribution is 2.18. The summed E-state index contributed by atoms with van der Waals surface area (Å²) in [5.41, 5.74) is 6.78. The molecule has 2 unspecified atom stereocenters. The van der Waals surface area contributed by atoms with Crippen LogP contribution in [0.15, 0.2) is 60.7 Å². The van der Waals surface area contributed by atoms with Crippen molar-refractivity contribution in [3.05, 3.63) is 66.2 Å². The summed E-state index contributed by atoms with van der Waals surface area (Å²) in [5, 5.41) is 0. The minimum atomic E-state index is -0.625. The first-order valence-electron chi connectivity index (χ1n) is 8.24. The Labute approximate surface area is 155 Å². The van der Waals surface area contributed by atoms with Crippen LogP contribution in [0.3, 0.4) is 0 Å². The molecule has 3 atom stereocenters. The van der Waals surface area contributed by atoms with Crippen molar-refractivity contribution < 1.29 is 14.3 Å². The quantitative estimate of drug-likeness (QED) is 0.727. The van der Waals surface area contributed by atoms with Crippen molar-refractivity contribution in [2.24, 2.45) is 11.7 Å². The van der Waals surface area contributed by atoms with Gasteiger partial charge in [0.05, 0.1) is 6.61 Å². The molecule has 2 N–H and O–H groups in total. The minimum absolute atomic E-state index is 0. The standard InChI is InChI=1S/C20H25NO3.ClH/c1-15(21)20(22)24-16(2)18(13-17-9-5-3-6-10-17)14-23-19-11-7-4-8-12-19;/h3-12,15-16,18H,13-14,21H2,1-2H3;1H/t15?,16?,18-;/m0./s1. The third-order valence-corrected chi connectivity index (χ3v) is 3.89. The maximum Gasteiger partial charge on any atom is 0.322 e. The van der Waals surface area contributed by atoms with E-state index in [4.69, 9.17) is 15.2 Å². The third-order valence-electron chi connectivity index (χ3n) is 3.89. The van der Waals surface area contributed by atoms with E-state index < -0.39 is 6.04 Å². The molecule has 0 fully saturated rings. The Morgan fingerprint density at radius 2 is 1.56 bits per heavy atom. The van der Waals surface area contributed by atoms with Crippen LogP contribution < -0.4 is 10.5 Å². The van der Waals surface area contributed by atoms with Crippen molar-refractivity contribution in [1.29, 1.82) is 0 Å². The number of carbonyl (C=O) groups is 1. The van der Waals surface area contributed by atoms with Gasteiger partial charge in [-0.1, -0.05) is 48.5 Å². The fraction of sp³-hybridized carbons (Fsp3) is 0.350. The van der Waals surface area contributed by atoms with Crippen LogP contribution in [0.4, 0.5) is 0 Å². The third kappa shape index (κ3) is 7.16. The maximum atomic E-state index is 11.8. The largest absolute Gasteiger partial charge is 0.493 e. The van der Waals surface area contributed by atoms with E-state index in [-0.39, 0.29) is 30.4 Å². The Morgan fingerprint density at radius 3 is 2.12 bits per heavy atom. The van der Waals surface area contributed by atoms with E-state index in [1.54, 1.807) is 6.92 Å². The summed E-state index contributed by atoms with van der Waals surface area (Å²) >= 11 is 0. The molecule has 0 saturated carbocycles. The van der Waals surface area contributed by atoms with Crippen LogP contribution in [0.5, 0.6) is 5.75 Å². The SMILES string of the molecule is CC(N)C(=O)OC(C)[C@H](COc1ccccc1)Cc1ccccc1.Cl. The number of esters is 1. The lowest BCUT2D eigenvalue weighted by Crippen LogP contribution is -2.36. The number of hydrogen-bond donors (Lipinski definition) is 1. The molecule has 2 aromatic rings. The zero-order valence-electron chi connectivity index (χ0n) is 14.6. The number of para-hydroxylation sites is 1. The lowest BCUT2D eigenvalue weighted by Gasteiger charge is -2.25. The molecule has 0 saturated heterocycles. The lowest BCUT2D eigenvalue weighted by molar-refractivity contribution is -0.152. The Kier molecular flexibility index (Phi) is 9.03. The average molecular weight is 364 g/mol. The Morgan fingerprint density at radius 1 is 1.00 bits per heavy atom. The van der Waals surface area contributed by atoms with E-state index in [2.05, 4.69) is 12.1 Å². The smallest absolute Gasteiger partial charge is 0.322 e. The second kappa shape index (κ2) is 10.7. The minimum Gasteiger partial charge on any atom is -0.493 e. The molecule has 0 aliphatic rings. The number of halogens is 1. The molecular formula is C20H26ClNO3. The highest BCUT2D eigenvalue weighted by Gasteiger charge is 2.23. The topological polar surface area (TPSA) is 61.6 Å². The van der Waals surface area contributed by atoms with Gasteiger partial charge in [-0.25, -0.2) is 0 Å². The van der Waals surface area contributed by atoms with Crippen LogP contribution >= 0.6 is 12.4 Å². The average Bonchev–Trinajstić information content (AvgIpc) is 2.60. The molecule has 4 nitrogen and oxygen atoms in total. The summed E-state index contributed by atoms with van der Waals surface area (Å²) in [6.45, 7) is 3.98. The van der Waals surface area contributed by atoms with Gasteiger partial charge in [0.15, 0.2) is 0 Å². The van der Waals surface area contributed by atoms with Crippen LogP contribution in [0.2, 0.25) is 0 Å². The Hall–Kier alpha value is -2.04. The fourth-order valence-electron chi connectivity index (χ4n) is 2.38. The van der Waals surface area contributed by atoms with E-state index in [1.165, 1.54) is 5.56 Å². The van der Waals surface area contributed by atoms with Crippen LogP contribution in [0.25, 0.3) is 0 Å². The van der Waals surface area contributed by atoms with Gasteiger partial charge in [-0.15, -0.1) is 12.4 Å². The second-order valence-corrected chi connectivity index (χ2v) is 6.00. The Bertz CT molecular complexity index is 619. The zero-order valence-corrected chi connectivity index (χ0v) is 15.4. The molecule has 0 aliphatic carbocycles. The molecule has 0 aromatic heterocycles. The number of carbonyl (C=O) groups excluding carboxylic acids is 1. The van der Waals surface area contributed by atoms with Crippen molar-refractivity contribution in [3.8, 4) is 5.75 Å². The zero-order chi connectivity index (χ0) is 17.4. The van der Waals surface area contributed by atoms with Crippen LogP contribution in [-0.4, -0.2) is 24.7 Å². The number of hydrogen-bond acceptors (Lipinski definition) is 4. The number of benzene rings is 2. The van der Waals surface area contributed by atoms with Gasteiger partial charge in [0, 0.05) is 5.92 Å². The lowest BCUT2D eigenvalue weighted by atomic mass is 9.95. The second-order valence-electron chi connectivity index (χ2n) is 6.00. The van der Waals surface area contributed by atoms with Crippen LogP contribution in [0.1, 0.15) is 19.4 Å². The van der Waals surface area contributed by atoms with Gasteiger partial charge in [-0.2, -0.15) is 0 Å². The monoisotopic (exact) mass is 363 g/mol. The first-order valence-corrected chi connectivity index (χ1v) is 8.24. The Balaban J connectivity index is 0.00000312. The molecule has 25 heavy (non-hydrogen) atoms. The fourth-order valence-corrected chi connectivity index (χ4v) is 2.38. The van der Waals surface area contributed by atoms with E-state index in [0.717, 1.165) is 12.2 Å². The normalized spacial score (nSPS) is 13.9. The molecule has 2 rings (SSSR count). The molecule has 2 aromatic carbocycles. The highest BCUT2D eigenvalue weighted by atomic mass is 35.5. The van der Waals surface area contributed by atoms with Gasteiger partial charge in [-0.05, 0) is 38.0 Å². The van der Waals surface area contributed by atoms with Crippen molar-refractivity contribution in [3.63, 3.8) is 0 Å². The molecular weight excluding hydrogens is 338 g/mol. The number of rotatable bonds is 8. The molecule has 136 valence electrons. The van der Waals surface area contributed by atoms with Crippen molar-refractivity contribution >= 4 is 18.4 Å². The summed E-state index contributed by atoms with van der Waals surface area (Å²) in [5.74, 6) is 0.455. The van der Waals surface area contributed by atoms with Gasteiger partial charge in [0.1, 0.15) is 17.9 Å². The van der Waals surface area contributed by atoms with E-state index in [9.17, 15) is 4.79 Å². The van der Waals surface area contributed by atoms with E-state index in [1.807, 2.05) is 55.5 Å². The molecule has 0 amide bonds. The molecule has 5 heteroatoms. The molecule has 0 aliphatic heterocycles. The van der Waals surface area contributed by atoms with Crippen molar-refractivity contribution in [2.45, 2.75) is 32.4 Å². The van der Waals surface area contributed by atoms with Crippen LogP contribution in [0, 0.1) is 5.92 Å². The van der Waals surface area contributed by atoms with E-state index >= 15 is 0 Å². The summed E-state index contributed by atoms with van der Waals surface area (Å²) < 4.78 is 11.4. The van der Waals surface area contributed by atoms with Gasteiger partial charge < -0.3 is 15.2 Å². The predicted molar refractivity (Wildman–Crippen MR) is 102 cm³/mol. The summed E-state index contributed by atoms with van der Waals surface area (Å²) in [6, 6.07) is 19.1. The first kappa shape index (κ1) is 21.0. The summed E-state index contributed by atoms with van der Waals surface area (Å²) in [4.78, 5) is 11.8. The van der Waals surface area contributed by atoms with Crippen LogP contribution in [-0.2, 0) is 16.0 Å². The first-order chi connectivity index (χ1) is 11.6. The van der Waals surface area contributed by atoms with Crippen molar-refractivity contribution in [1.82, 2.24) is 0 Å². The van der Waals surface area contributed by atoms with Gasteiger partial charge in [-0.3, -0.25) is 4.79 Å². The van der Waals surface area contributed by atoms with Gasteiger partial charge in [0.25, 0.3) is 0 Å². The molecule has 0 radical (unpaired) electrons. The summed E-state index contributed by atoms with van der Waals surface area (Å²) in [6.07, 6.45) is 0.480. The molecule has 0 bridgehead atoms. The highest BCUT2D eigenvalue weighted by molar-refractivity contribution is 5.85. The van der Waals surface area contributed by atoms with Crippen molar-refractivity contribution in [2.75, 3.05) is 6.61 Å². The van der Waals surface area contributed by atoms with E-state index in [0.29, 0.717) is 6.61 Å².